The Labute approximate surface area is 170 Å². The first-order chi connectivity index (χ1) is 13.9. The number of hydrogen-bond acceptors (Lipinski definition) is 6. The van der Waals surface area contributed by atoms with Gasteiger partial charge in [0.25, 0.3) is 5.91 Å². The molecule has 0 spiro atoms. The Morgan fingerprint density at radius 1 is 1.31 bits per heavy atom. The molecule has 0 atom stereocenters. The molecule has 2 aromatic rings. The van der Waals surface area contributed by atoms with E-state index < -0.39 is 6.29 Å². The molecule has 0 fully saturated rings. The van der Waals surface area contributed by atoms with Gasteiger partial charge in [0.2, 0.25) is 5.91 Å². The van der Waals surface area contributed by atoms with Crippen LogP contribution in [-0.2, 0) is 20.7 Å². The zero-order chi connectivity index (χ0) is 21.0. The highest BCUT2D eigenvalue weighted by atomic mass is 16.7. The van der Waals surface area contributed by atoms with Gasteiger partial charge in [-0.05, 0) is 32.5 Å². The van der Waals surface area contributed by atoms with E-state index in [4.69, 9.17) is 9.47 Å². The highest BCUT2D eigenvalue weighted by Crippen LogP contribution is 2.27. The standard InChI is InChI=1S/C20H27N5O4/c1-13-5-7-14(8-6-13)25-10-9-15-18(20(25)27)22-23-19(15)21-16(26)11-24(2)12-17(28-3)29-4/h5-8,17H,9-12H2,1-4H3,(H2,21,22,23,26). The number of fused-ring (bicyclic) bond motifs is 1. The average Bonchev–Trinajstić information content (AvgIpc) is 3.10. The molecule has 1 aliphatic heterocycles. The summed E-state index contributed by atoms with van der Waals surface area (Å²) in [6.45, 7) is 3.13. The van der Waals surface area contributed by atoms with Crippen LogP contribution in [0.3, 0.4) is 0 Å². The van der Waals surface area contributed by atoms with Gasteiger partial charge in [0.05, 0.1) is 6.54 Å². The van der Waals surface area contributed by atoms with Crippen molar-refractivity contribution in [2.75, 3.05) is 51.1 Å². The van der Waals surface area contributed by atoms with E-state index in [0.717, 1.165) is 16.8 Å². The minimum atomic E-state index is -0.406. The van der Waals surface area contributed by atoms with Crippen LogP contribution in [0.1, 0.15) is 21.6 Å². The van der Waals surface area contributed by atoms with Gasteiger partial charge in [0.1, 0.15) is 5.69 Å². The summed E-state index contributed by atoms with van der Waals surface area (Å²) in [4.78, 5) is 28.8. The molecule has 1 aliphatic rings. The van der Waals surface area contributed by atoms with Crippen molar-refractivity contribution in [1.29, 1.82) is 0 Å². The highest BCUT2D eigenvalue weighted by Gasteiger charge is 2.30. The number of methoxy groups -OCH3 is 2. The number of aromatic amines is 1. The van der Waals surface area contributed by atoms with Gasteiger partial charge in [0.15, 0.2) is 12.1 Å². The molecule has 0 saturated carbocycles. The molecule has 0 saturated heterocycles. The van der Waals surface area contributed by atoms with Gasteiger partial charge < -0.3 is 19.7 Å². The van der Waals surface area contributed by atoms with Gasteiger partial charge in [-0.3, -0.25) is 19.6 Å². The quantitative estimate of drug-likeness (QED) is 0.649. The number of carbonyl (C=O) groups excluding carboxylic acids is 2. The van der Waals surface area contributed by atoms with Gasteiger partial charge in [0, 0.05) is 38.6 Å². The number of benzene rings is 1. The molecule has 1 aromatic heterocycles. The van der Waals surface area contributed by atoms with E-state index in [2.05, 4.69) is 15.5 Å². The predicted molar refractivity (Wildman–Crippen MR) is 109 cm³/mol. The fourth-order valence-electron chi connectivity index (χ4n) is 3.30. The smallest absolute Gasteiger partial charge is 0.276 e. The maximum absolute atomic E-state index is 12.9. The number of anilines is 2. The Bertz CT molecular complexity index is 860. The van der Waals surface area contributed by atoms with Crippen molar-refractivity contribution in [2.45, 2.75) is 19.6 Å². The molecule has 2 N–H and O–H groups in total. The van der Waals surface area contributed by atoms with Crippen molar-refractivity contribution in [1.82, 2.24) is 15.1 Å². The summed E-state index contributed by atoms with van der Waals surface area (Å²) in [5.41, 5.74) is 3.14. The van der Waals surface area contributed by atoms with E-state index in [9.17, 15) is 9.59 Å². The van der Waals surface area contributed by atoms with Crippen LogP contribution in [0.5, 0.6) is 0 Å². The summed E-state index contributed by atoms with van der Waals surface area (Å²) < 4.78 is 10.3. The van der Waals surface area contributed by atoms with Gasteiger partial charge in [-0.15, -0.1) is 0 Å². The lowest BCUT2D eigenvalue weighted by Gasteiger charge is -2.27. The van der Waals surface area contributed by atoms with Crippen molar-refractivity contribution >= 4 is 23.3 Å². The van der Waals surface area contributed by atoms with Crippen LogP contribution < -0.4 is 10.2 Å². The van der Waals surface area contributed by atoms with Crippen LogP contribution in [-0.4, -0.2) is 74.1 Å². The molecule has 9 nitrogen and oxygen atoms in total. The first kappa shape index (κ1) is 21.0. The van der Waals surface area contributed by atoms with Crippen LogP contribution in [0.15, 0.2) is 24.3 Å². The van der Waals surface area contributed by atoms with E-state index in [-0.39, 0.29) is 18.4 Å². The zero-order valence-corrected chi connectivity index (χ0v) is 17.2. The second kappa shape index (κ2) is 9.17. The number of rotatable bonds is 8. The largest absolute Gasteiger partial charge is 0.355 e. The normalized spacial score (nSPS) is 13.9. The second-order valence-corrected chi connectivity index (χ2v) is 7.11. The Hall–Kier alpha value is -2.75. The van der Waals surface area contributed by atoms with Gasteiger partial charge >= 0.3 is 0 Å². The average molecular weight is 401 g/mol. The van der Waals surface area contributed by atoms with Crippen LogP contribution in [0.25, 0.3) is 0 Å². The van der Waals surface area contributed by atoms with Crippen molar-refractivity contribution < 1.29 is 19.1 Å². The first-order valence-electron chi connectivity index (χ1n) is 9.42. The van der Waals surface area contributed by atoms with E-state index >= 15 is 0 Å². The highest BCUT2D eigenvalue weighted by molar-refractivity contribution is 6.08. The molecule has 156 valence electrons. The summed E-state index contributed by atoms with van der Waals surface area (Å²) in [6.07, 6.45) is 0.197. The van der Waals surface area contributed by atoms with Crippen LogP contribution in [0.4, 0.5) is 11.5 Å². The number of ether oxygens (including phenoxy) is 2. The molecule has 9 heteroatoms. The Kier molecular flexibility index (Phi) is 6.63. The fraction of sp³-hybridized carbons (Fsp3) is 0.450. The Balaban J connectivity index is 1.64. The third-order valence-corrected chi connectivity index (χ3v) is 4.92. The summed E-state index contributed by atoms with van der Waals surface area (Å²) in [5, 5.41) is 9.74. The van der Waals surface area contributed by atoms with E-state index in [0.29, 0.717) is 31.0 Å². The molecule has 0 bridgehead atoms. The monoisotopic (exact) mass is 401 g/mol. The van der Waals surface area contributed by atoms with Crippen molar-refractivity contribution in [3.05, 3.63) is 41.1 Å². The molecule has 2 amide bonds. The second-order valence-electron chi connectivity index (χ2n) is 7.11. The number of nitrogens with zero attached hydrogens (tertiary/aromatic N) is 3. The maximum Gasteiger partial charge on any atom is 0.276 e. The van der Waals surface area contributed by atoms with E-state index in [1.165, 1.54) is 0 Å². The van der Waals surface area contributed by atoms with E-state index in [1.54, 1.807) is 31.1 Å². The van der Waals surface area contributed by atoms with Gasteiger partial charge in [-0.2, -0.15) is 5.10 Å². The minimum absolute atomic E-state index is 0.147. The number of amides is 2. The molecule has 1 aromatic carbocycles. The van der Waals surface area contributed by atoms with Crippen molar-refractivity contribution in [3.63, 3.8) is 0 Å². The number of aryl methyl sites for hydroxylation is 1. The van der Waals surface area contributed by atoms with Crippen molar-refractivity contribution in [2.24, 2.45) is 0 Å². The van der Waals surface area contributed by atoms with Crippen LogP contribution >= 0.6 is 0 Å². The number of nitrogens with one attached hydrogen (secondary N) is 2. The lowest BCUT2D eigenvalue weighted by atomic mass is 10.0. The molecular formula is C20H27N5O4. The summed E-state index contributed by atoms with van der Waals surface area (Å²) in [6, 6.07) is 7.82. The summed E-state index contributed by atoms with van der Waals surface area (Å²) in [5.74, 6) is 0.0368. The van der Waals surface area contributed by atoms with E-state index in [1.807, 2.05) is 31.2 Å². The third kappa shape index (κ3) is 4.81. The summed E-state index contributed by atoms with van der Waals surface area (Å²) in [7, 11) is 4.90. The third-order valence-electron chi connectivity index (χ3n) is 4.92. The number of carbonyl (C=O) groups is 2. The SMILES string of the molecule is COC(CN(C)CC(=O)Nc1n[nH]c2c1CCN(c1ccc(C)cc1)C2=O)OC. The molecule has 2 heterocycles. The molecule has 0 aliphatic carbocycles. The molecule has 3 rings (SSSR count). The molecule has 0 unspecified atom stereocenters. The number of hydrogen-bond donors (Lipinski definition) is 2. The summed E-state index contributed by atoms with van der Waals surface area (Å²) >= 11 is 0. The lowest BCUT2D eigenvalue weighted by molar-refractivity contribution is -0.124. The molecule has 29 heavy (non-hydrogen) atoms. The van der Waals surface area contributed by atoms with Gasteiger partial charge in [-0.25, -0.2) is 0 Å². The predicted octanol–water partition coefficient (Wildman–Crippen LogP) is 1.41. The first-order valence-corrected chi connectivity index (χ1v) is 9.42. The van der Waals surface area contributed by atoms with Gasteiger partial charge in [-0.1, -0.05) is 17.7 Å². The number of aromatic nitrogens is 2. The van der Waals surface area contributed by atoms with Crippen LogP contribution in [0.2, 0.25) is 0 Å². The van der Waals surface area contributed by atoms with Crippen LogP contribution in [0, 0.1) is 6.92 Å². The zero-order valence-electron chi connectivity index (χ0n) is 17.2. The number of likely N-dealkylation sites (N-methyl/N-ethyl adjacent to an activating group) is 1. The Morgan fingerprint density at radius 3 is 2.66 bits per heavy atom. The molecular weight excluding hydrogens is 374 g/mol. The van der Waals surface area contributed by atoms with Crippen molar-refractivity contribution in [3.8, 4) is 0 Å². The number of H-pyrrole nitrogens is 1. The lowest BCUT2D eigenvalue weighted by Crippen LogP contribution is -2.38. The maximum atomic E-state index is 12.9. The topological polar surface area (TPSA) is 99.8 Å². The fourth-order valence-corrected chi connectivity index (χ4v) is 3.30. The minimum Gasteiger partial charge on any atom is -0.355 e. The molecule has 0 radical (unpaired) electrons. The Morgan fingerprint density at radius 2 is 2.00 bits per heavy atom.